The first-order chi connectivity index (χ1) is 21.3. The molecule has 1 amide bonds. The van der Waals surface area contributed by atoms with Gasteiger partial charge in [0.1, 0.15) is 17.2 Å². The lowest BCUT2D eigenvalue weighted by Crippen LogP contribution is -2.37. The SMILES string of the molecule is Cc1cc(Cl)c(C(=O)CN(Cc2cc(F)c(C(F)(F)F)c(F)c2)C(=O)c2cnn([C@H]3CC[C@H](C(=O)O)CC3)c2C(F)(F)F)c(Cl)c1. The Morgan fingerprint density at radius 2 is 1.48 bits per heavy atom. The van der Waals surface area contributed by atoms with Gasteiger partial charge in [-0.15, -0.1) is 0 Å². The van der Waals surface area contributed by atoms with E-state index in [0.29, 0.717) is 21.3 Å². The Labute approximate surface area is 265 Å². The summed E-state index contributed by atoms with van der Waals surface area (Å²) in [4.78, 5) is 38.8. The van der Waals surface area contributed by atoms with Crippen LogP contribution in [0.4, 0.5) is 35.1 Å². The van der Waals surface area contributed by atoms with E-state index in [9.17, 15) is 54.6 Å². The number of hydrogen-bond acceptors (Lipinski definition) is 4. The average Bonchev–Trinajstić information content (AvgIpc) is 3.37. The molecule has 4 rings (SSSR count). The third-order valence-corrected chi connectivity index (χ3v) is 8.13. The van der Waals surface area contributed by atoms with Gasteiger partial charge in [-0.25, -0.2) is 8.78 Å². The monoisotopic (exact) mass is 699 g/mol. The van der Waals surface area contributed by atoms with E-state index in [-0.39, 0.29) is 53.4 Å². The van der Waals surface area contributed by atoms with Gasteiger partial charge in [0.15, 0.2) is 11.5 Å². The van der Waals surface area contributed by atoms with E-state index in [4.69, 9.17) is 23.2 Å². The van der Waals surface area contributed by atoms with E-state index in [1.54, 1.807) is 6.92 Å². The van der Waals surface area contributed by atoms with Crippen molar-refractivity contribution in [3.8, 4) is 0 Å². The Morgan fingerprint density at radius 1 is 0.935 bits per heavy atom. The molecule has 0 atom stereocenters. The van der Waals surface area contributed by atoms with Crippen LogP contribution in [-0.4, -0.2) is 44.0 Å². The third kappa shape index (κ3) is 7.46. The zero-order chi connectivity index (χ0) is 34.3. The molecular weight excluding hydrogens is 677 g/mol. The summed E-state index contributed by atoms with van der Waals surface area (Å²) in [7, 11) is 0. The van der Waals surface area contributed by atoms with Crippen LogP contribution in [0.5, 0.6) is 0 Å². The highest BCUT2D eigenvalue weighted by molar-refractivity contribution is 6.40. The van der Waals surface area contributed by atoms with E-state index in [1.165, 1.54) is 12.1 Å². The van der Waals surface area contributed by atoms with Crippen molar-refractivity contribution < 1.29 is 54.6 Å². The normalized spacial score (nSPS) is 17.2. The first-order valence-electron chi connectivity index (χ1n) is 13.5. The van der Waals surface area contributed by atoms with E-state index in [0.717, 1.165) is 0 Å². The predicted octanol–water partition coefficient (Wildman–Crippen LogP) is 8.16. The van der Waals surface area contributed by atoms with Gasteiger partial charge in [0.25, 0.3) is 5.91 Å². The Balaban J connectivity index is 1.77. The fraction of sp³-hybridized carbons (Fsp3) is 0.379. The molecule has 0 bridgehead atoms. The van der Waals surface area contributed by atoms with E-state index < -0.39 is 89.1 Å². The van der Waals surface area contributed by atoms with Crippen LogP contribution in [0, 0.1) is 24.5 Å². The van der Waals surface area contributed by atoms with Crippen LogP contribution in [0.2, 0.25) is 10.0 Å². The minimum Gasteiger partial charge on any atom is -0.481 e. The second-order valence-electron chi connectivity index (χ2n) is 10.8. The average molecular weight is 700 g/mol. The Hall–Kier alpha value is -3.72. The number of alkyl halides is 6. The van der Waals surface area contributed by atoms with Crippen molar-refractivity contribution in [3.05, 3.63) is 85.7 Å². The molecule has 248 valence electrons. The van der Waals surface area contributed by atoms with Gasteiger partial charge in [0.05, 0.1) is 45.9 Å². The molecule has 1 aromatic heterocycles. The third-order valence-electron chi connectivity index (χ3n) is 7.53. The second-order valence-corrected chi connectivity index (χ2v) is 11.6. The molecule has 1 fully saturated rings. The van der Waals surface area contributed by atoms with E-state index in [1.807, 2.05) is 0 Å². The molecular formula is C29H23Cl2F8N3O4. The van der Waals surface area contributed by atoms with Crippen molar-refractivity contribution in [2.45, 2.75) is 57.5 Å². The molecule has 0 unspecified atom stereocenters. The minimum absolute atomic E-state index is 0.00785. The first kappa shape index (κ1) is 35.1. The van der Waals surface area contributed by atoms with Crippen molar-refractivity contribution in [1.29, 1.82) is 0 Å². The number of Topliss-reactive ketones (excluding diaryl/α,β-unsaturated/α-hetero) is 1. The number of aryl methyl sites for hydroxylation is 1. The quantitative estimate of drug-likeness (QED) is 0.189. The van der Waals surface area contributed by atoms with Gasteiger partial charge >= 0.3 is 18.3 Å². The number of nitrogens with zero attached hydrogens (tertiary/aromatic N) is 3. The molecule has 1 aliphatic carbocycles. The molecule has 3 aromatic rings. The summed E-state index contributed by atoms with van der Waals surface area (Å²) < 4.78 is 112. The van der Waals surface area contributed by atoms with Crippen molar-refractivity contribution >= 4 is 40.9 Å². The zero-order valence-electron chi connectivity index (χ0n) is 23.6. The number of carbonyl (C=O) groups excluding carboxylic acids is 2. The molecule has 1 saturated carbocycles. The number of amides is 1. The molecule has 0 aliphatic heterocycles. The fourth-order valence-electron chi connectivity index (χ4n) is 5.44. The molecule has 17 heteroatoms. The van der Waals surface area contributed by atoms with Crippen molar-refractivity contribution in [2.24, 2.45) is 5.92 Å². The van der Waals surface area contributed by atoms with E-state index in [2.05, 4.69) is 5.10 Å². The van der Waals surface area contributed by atoms with Gasteiger partial charge < -0.3 is 10.0 Å². The summed E-state index contributed by atoms with van der Waals surface area (Å²) in [5, 5.41) is 12.6. The van der Waals surface area contributed by atoms with Gasteiger partial charge in [-0.05, 0) is 68.0 Å². The minimum atomic E-state index is -5.42. The van der Waals surface area contributed by atoms with Crippen LogP contribution in [0.3, 0.4) is 0 Å². The van der Waals surface area contributed by atoms with Gasteiger partial charge in [-0.1, -0.05) is 23.2 Å². The van der Waals surface area contributed by atoms with Crippen LogP contribution in [0.25, 0.3) is 0 Å². The maximum atomic E-state index is 14.5. The van der Waals surface area contributed by atoms with Crippen molar-refractivity contribution in [3.63, 3.8) is 0 Å². The Kier molecular flexibility index (Phi) is 10.1. The lowest BCUT2D eigenvalue weighted by molar-refractivity contribution is -0.147. The number of rotatable bonds is 8. The van der Waals surface area contributed by atoms with Crippen LogP contribution in [0.1, 0.15) is 74.8 Å². The number of hydrogen-bond donors (Lipinski definition) is 1. The lowest BCUT2D eigenvalue weighted by Gasteiger charge is -2.28. The molecule has 46 heavy (non-hydrogen) atoms. The van der Waals surface area contributed by atoms with Crippen LogP contribution in [-0.2, 0) is 23.7 Å². The molecule has 7 nitrogen and oxygen atoms in total. The predicted molar refractivity (Wildman–Crippen MR) is 147 cm³/mol. The highest BCUT2D eigenvalue weighted by Gasteiger charge is 2.44. The molecule has 0 spiro atoms. The summed E-state index contributed by atoms with van der Waals surface area (Å²) in [5.74, 6) is -8.46. The molecule has 0 saturated heterocycles. The molecule has 1 heterocycles. The Morgan fingerprint density at radius 3 is 1.96 bits per heavy atom. The number of halogens is 10. The highest BCUT2D eigenvalue weighted by atomic mass is 35.5. The van der Waals surface area contributed by atoms with Gasteiger partial charge in [-0.2, -0.15) is 31.4 Å². The van der Waals surface area contributed by atoms with Gasteiger partial charge in [0.2, 0.25) is 0 Å². The summed E-state index contributed by atoms with van der Waals surface area (Å²) >= 11 is 12.3. The fourth-order valence-corrected chi connectivity index (χ4v) is 6.25. The molecule has 1 N–H and O–H groups in total. The van der Waals surface area contributed by atoms with Crippen molar-refractivity contribution in [2.75, 3.05) is 6.54 Å². The van der Waals surface area contributed by atoms with Gasteiger partial charge in [-0.3, -0.25) is 19.1 Å². The zero-order valence-corrected chi connectivity index (χ0v) is 25.1. The van der Waals surface area contributed by atoms with Crippen LogP contribution in [0.15, 0.2) is 30.5 Å². The molecule has 2 aromatic carbocycles. The Bertz CT molecular complexity index is 1640. The summed E-state index contributed by atoms with van der Waals surface area (Å²) in [6.07, 6.45) is -9.95. The number of benzene rings is 2. The van der Waals surface area contributed by atoms with Crippen LogP contribution < -0.4 is 0 Å². The molecule has 0 radical (unpaired) electrons. The lowest BCUT2D eigenvalue weighted by atomic mass is 9.86. The van der Waals surface area contributed by atoms with Gasteiger partial charge in [0, 0.05) is 6.54 Å². The molecule has 1 aliphatic rings. The maximum Gasteiger partial charge on any atom is 0.433 e. The number of carbonyl (C=O) groups is 3. The largest absolute Gasteiger partial charge is 0.481 e. The highest BCUT2D eigenvalue weighted by Crippen LogP contribution is 2.40. The number of carboxylic acids is 1. The topological polar surface area (TPSA) is 92.5 Å². The second kappa shape index (κ2) is 13.2. The van der Waals surface area contributed by atoms with Crippen LogP contribution >= 0.6 is 23.2 Å². The smallest absolute Gasteiger partial charge is 0.433 e. The number of ketones is 1. The first-order valence-corrected chi connectivity index (χ1v) is 14.3. The number of carboxylic acid groups (broad SMARTS) is 1. The summed E-state index contributed by atoms with van der Waals surface area (Å²) in [6.45, 7) is -0.471. The summed E-state index contributed by atoms with van der Waals surface area (Å²) in [6, 6.07) is 2.25. The standard InChI is InChI=1S/C29H23Cl2F8N3O4/c1-13-6-18(30)23(19(31)7-13)22(43)12-41(11-14-8-20(32)24(21(33)9-14)28(34,35)36)26(44)17-10-40-42(25(17)29(37,38)39)16-4-2-15(3-5-16)27(45)46/h6-10,15-16H,2-5,11-12H2,1H3,(H,45,46)/t15-,16-. The summed E-state index contributed by atoms with van der Waals surface area (Å²) in [5.41, 5.74) is -5.20. The van der Waals surface area contributed by atoms with Crippen molar-refractivity contribution in [1.82, 2.24) is 14.7 Å². The van der Waals surface area contributed by atoms with E-state index >= 15 is 0 Å². The number of aliphatic carboxylic acids is 1. The number of aromatic nitrogens is 2. The maximum absolute atomic E-state index is 14.5.